The number of aryl methyl sites for hydroxylation is 2. The number of rotatable bonds is 5. The fourth-order valence-electron chi connectivity index (χ4n) is 3.11. The Morgan fingerprint density at radius 1 is 1.15 bits per heavy atom. The molecule has 0 atom stereocenters. The first-order valence-electron chi connectivity index (χ1n) is 8.53. The van der Waals surface area contributed by atoms with Gasteiger partial charge in [0.05, 0.1) is 17.0 Å². The Hall–Kier alpha value is -2.73. The van der Waals surface area contributed by atoms with Gasteiger partial charge in [-0.1, -0.05) is 12.1 Å². The van der Waals surface area contributed by atoms with E-state index in [2.05, 4.69) is 18.0 Å². The van der Waals surface area contributed by atoms with Crippen LogP contribution in [0.15, 0.2) is 36.4 Å². The van der Waals surface area contributed by atoms with Gasteiger partial charge in [-0.05, 0) is 56.0 Å². The molecule has 1 aliphatic rings. The number of benzene rings is 1. The smallest absolute Gasteiger partial charge is 0.307 e. The third-order valence-corrected chi connectivity index (χ3v) is 5.35. The molecular formula is C20H18N2O3S. The van der Waals surface area contributed by atoms with Crippen LogP contribution in [0.2, 0.25) is 0 Å². The second-order valence-corrected chi connectivity index (χ2v) is 7.65. The van der Waals surface area contributed by atoms with Crippen LogP contribution in [-0.4, -0.2) is 21.0 Å². The molecule has 132 valence electrons. The molecule has 0 unspecified atom stereocenters. The lowest BCUT2D eigenvalue weighted by Crippen LogP contribution is -2.01. The molecule has 5 nitrogen and oxygen atoms in total. The van der Waals surface area contributed by atoms with E-state index in [4.69, 9.17) is 14.8 Å². The fourth-order valence-corrected chi connectivity index (χ4v) is 3.91. The largest absolute Gasteiger partial charge is 0.481 e. The number of hydrogen-bond acceptors (Lipinski definition) is 5. The van der Waals surface area contributed by atoms with Gasteiger partial charge in [-0.3, -0.25) is 4.79 Å². The molecule has 1 aliphatic carbocycles. The lowest BCUT2D eigenvalue weighted by Gasteiger charge is -2.11. The first-order chi connectivity index (χ1) is 12.6. The van der Waals surface area contributed by atoms with Crippen LogP contribution in [0.1, 0.15) is 28.1 Å². The molecule has 3 aromatic rings. The number of ether oxygens (including phenoxy) is 1. The summed E-state index contributed by atoms with van der Waals surface area (Å²) in [7, 11) is 0. The number of carboxylic acids is 1. The van der Waals surface area contributed by atoms with Crippen LogP contribution in [0.3, 0.4) is 0 Å². The Kier molecular flexibility index (Phi) is 4.42. The topological polar surface area (TPSA) is 72.3 Å². The highest BCUT2D eigenvalue weighted by Gasteiger charge is 2.22. The van der Waals surface area contributed by atoms with Crippen LogP contribution < -0.4 is 4.74 Å². The summed E-state index contributed by atoms with van der Waals surface area (Å²) in [6.45, 7) is 2.07. The Labute approximate surface area is 155 Å². The van der Waals surface area contributed by atoms with Crippen molar-refractivity contribution in [3.05, 3.63) is 58.1 Å². The zero-order valence-electron chi connectivity index (χ0n) is 14.4. The highest BCUT2D eigenvalue weighted by molar-refractivity contribution is 7.15. The Morgan fingerprint density at radius 3 is 2.65 bits per heavy atom. The fraction of sp³-hybridized carbons (Fsp3) is 0.250. The summed E-state index contributed by atoms with van der Waals surface area (Å²) in [6, 6.07) is 11.2. The number of thiophene rings is 1. The second-order valence-electron chi connectivity index (χ2n) is 6.36. The van der Waals surface area contributed by atoms with Crippen molar-refractivity contribution in [2.24, 2.45) is 0 Å². The molecule has 0 saturated carbocycles. The van der Waals surface area contributed by atoms with E-state index in [-0.39, 0.29) is 6.42 Å². The minimum absolute atomic E-state index is 0.00502. The zero-order valence-corrected chi connectivity index (χ0v) is 15.2. The summed E-state index contributed by atoms with van der Waals surface area (Å²) >= 11 is 1.67. The summed E-state index contributed by atoms with van der Waals surface area (Å²) in [4.78, 5) is 22.5. The monoisotopic (exact) mass is 366 g/mol. The highest BCUT2D eigenvalue weighted by Crippen LogP contribution is 2.35. The molecule has 1 aromatic carbocycles. The summed E-state index contributed by atoms with van der Waals surface area (Å²) < 4.78 is 6.06. The molecule has 0 aliphatic heterocycles. The van der Waals surface area contributed by atoms with Crippen molar-refractivity contribution in [1.82, 2.24) is 9.97 Å². The molecule has 0 amide bonds. The molecular weight excluding hydrogens is 348 g/mol. The number of nitrogens with zero attached hydrogens (tertiary/aromatic N) is 2. The average Bonchev–Trinajstić information content (AvgIpc) is 3.25. The Bertz CT molecular complexity index is 964. The van der Waals surface area contributed by atoms with E-state index in [1.54, 1.807) is 35.6 Å². The predicted octanol–water partition coefficient (Wildman–Crippen LogP) is 4.42. The standard InChI is InChI=1S/C20H18N2O3S/c1-12-5-10-17(26-12)19-21-16-4-2-3-15(16)20(22-19)25-14-8-6-13(7-9-14)11-18(23)24/h5-10H,2-4,11H2,1H3,(H,23,24). The van der Waals surface area contributed by atoms with E-state index in [9.17, 15) is 4.79 Å². The van der Waals surface area contributed by atoms with E-state index < -0.39 is 5.97 Å². The Morgan fingerprint density at radius 2 is 1.96 bits per heavy atom. The van der Waals surface area contributed by atoms with Gasteiger partial charge in [0.15, 0.2) is 5.82 Å². The molecule has 6 heteroatoms. The van der Waals surface area contributed by atoms with E-state index >= 15 is 0 Å². The van der Waals surface area contributed by atoms with Gasteiger partial charge in [-0.2, -0.15) is 4.98 Å². The SMILES string of the molecule is Cc1ccc(-c2nc3c(c(Oc4ccc(CC(=O)O)cc4)n2)CCC3)s1. The molecule has 0 saturated heterocycles. The molecule has 26 heavy (non-hydrogen) atoms. The van der Waals surface area contributed by atoms with Crippen molar-refractivity contribution in [3.8, 4) is 22.3 Å². The maximum atomic E-state index is 10.8. The van der Waals surface area contributed by atoms with Crippen LogP contribution in [0.5, 0.6) is 11.6 Å². The van der Waals surface area contributed by atoms with Crippen molar-refractivity contribution < 1.29 is 14.6 Å². The van der Waals surface area contributed by atoms with Crippen LogP contribution in [-0.2, 0) is 24.1 Å². The van der Waals surface area contributed by atoms with Crippen molar-refractivity contribution in [3.63, 3.8) is 0 Å². The number of aromatic nitrogens is 2. The van der Waals surface area contributed by atoms with Crippen LogP contribution in [0, 0.1) is 6.92 Å². The summed E-state index contributed by atoms with van der Waals surface area (Å²) in [5.41, 5.74) is 2.89. The molecule has 0 fully saturated rings. The van der Waals surface area contributed by atoms with Gasteiger partial charge >= 0.3 is 5.97 Å². The third-order valence-electron chi connectivity index (χ3n) is 4.35. The van der Waals surface area contributed by atoms with E-state index in [0.717, 1.165) is 41.0 Å². The van der Waals surface area contributed by atoms with Crippen LogP contribution in [0.4, 0.5) is 0 Å². The molecule has 2 heterocycles. The van der Waals surface area contributed by atoms with E-state index in [1.165, 1.54) is 4.88 Å². The van der Waals surface area contributed by atoms with Crippen molar-refractivity contribution in [1.29, 1.82) is 0 Å². The second kappa shape index (κ2) is 6.88. The number of aliphatic carboxylic acids is 1. The van der Waals surface area contributed by atoms with Crippen molar-refractivity contribution in [2.45, 2.75) is 32.6 Å². The van der Waals surface area contributed by atoms with E-state index in [0.29, 0.717) is 17.5 Å². The summed E-state index contributed by atoms with van der Waals surface area (Å²) in [5.74, 6) is 1.13. The van der Waals surface area contributed by atoms with Gasteiger partial charge in [0.25, 0.3) is 0 Å². The predicted molar refractivity (Wildman–Crippen MR) is 100.0 cm³/mol. The third kappa shape index (κ3) is 3.46. The van der Waals surface area contributed by atoms with Gasteiger partial charge < -0.3 is 9.84 Å². The number of hydrogen-bond donors (Lipinski definition) is 1. The van der Waals surface area contributed by atoms with Gasteiger partial charge in [-0.25, -0.2) is 4.98 Å². The number of carbonyl (C=O) groups is 1. The van der Waals surface area contributed by atoms with Gasteiger partial charge in [0.1, 0.15) is 5.75 Å². The van der Waals surface area contributed by atoms with Crippen LogP contribution in [0.25, 0.3) is 10.7 Å². The summed E-state index contributed by atoms with van der Waals surface area (Å²) in [6.07, 6.45) is 2.94. The molecule has 0 radical (unpaired) electrons. The van der Waals surface area contributed by atoms with E-state index in [1.807, 2.05) is 6.07 Å². The number of fused-ring (bicyclic) bond motifs is 1. The molecule has 1 N–H and O–H groups in total. The highest BCUT2D eigenvalue weighted by atomic mass is 32.1. The zero-order chi connectivity index (χ0) is 18.1. The maximum Gasteiger partial charge on any atom is 0.307 e. The summed E-state index contributed by atoms with van der Waals surface area (Å²) in [5, 5.41) is 8.87. The van der Waals surface area contributed by atoms with Gasteiger partial charge in [-0.15, -0.1) is 11.3 Å². The van der Waals surface area contributed by atoms with Gasteiger partial charge in [0, 0.05) is 10.4 Å². The molecule has 0 spiro atoms. The first kappa shape index (κ1) is 16.7. The van der Waals surface area contributed by atoms with Crippen molar-refractivity contribution in [2.75, 3.05) is 0 Å². The lowest BCUT2D eigenvalue weighted by atomic mass is 10.1. The van der Waals surface area contributed by atoms with Gasteiger partial charge in [0.2, 0.25) is 5.88 Å². The number of carboxylic acid groups (broad SMARTS) is 1. The molecule has 2 aromatic heterocycles. The minimum Gasteiger partial charge on any atom is -0.481 e. The maximum absolute atomic E-state index is 10.8. The first-order valence-corrected chi connectivity index (χ1v) is 9.35. The van der Waals surface area contributed by atoms with Crippen molar-refractivity contribution >= 4 is 17.3 Å². The average molecular weight is 366 g/mol. The molecule has 0 bridgehead atoms. The van der Waals surface area contributed by atoms with Crippen LogP contribution >= 0.6 is 11.3 Å². The quantitative estimate of drug-likeness (QED) is 0.723. The normalized spacial score (nSPS) is 12.8. The molecule has 4 rings (SSSR count). The lowest BCUT2D eigenvalue weighted by molar-refractivity contribution is -0.136. The Balaban J connectivity index is 1.65. The minimum atomic E-state index is -0.844.